The Kier molecular flexibility index (Phi) is 9.27. The standard InChI is InChI=1S/C29H34N2O3/c1-4-17-30-29(33)27(19-24-10-6-5-7-11-24)31(20-25-15-13-22(2)14-16-25)28(32)21-34-26-12-8-9-23(3)18-26/h5-16,18,27H,4,17,19-21H2,1-3H3,(H,30,33). The molecular weight excluding hydrogens is 424 g/mol. The summed E-state index contributed by atoms with van der Waals surface area (Å²) in [5.74, 6) is 0.259. The Hall–Kier alpha value is -3.60. The van der Waals surface area contributed by atoms with Gasteiger partial charge < -0.3 is 15.0 Å². The average molecular weight is 459 g/mol. The fourth-order valence-electron chi connectivity index (χ4n) is 3.74. The van der Waals surface area contributed by atoms with E-state index in [4.69, 9.17) is 4.74 Å². The van der Waals surface area contributed by atoms with Gasteiger partial charge in [-0.15, -0.1) is 0 Å². The van der Waals surface area contributed by atoms with E-state index in [-0.39, 0.29) is 18.4 Å². The van der Waals surface area contributed by atoms with E-state index >= 15 is 0 Å². The second-order valence-electron chi connectivity index (χ2n) is 8.61. The molecule has 2 amide bonds. The first-order valence-corrected chi connectivity index (χ1v) is 11.8. The summed E-state index contributed by atoms with van der Waals surface area (Å²) in [5, 5.41) is 2.99. The van der Waals surface area contributed by atoms with Crippen LogP contribution in [0.25, 0.3) is 0 Å². The van der Waals surface area contributed by atoms with E-state index in [0.717, 1.165) is 28.7 Å². The molecule has 1 unspecified atom stereocenters. The van der Waals surface area contributed by atoms with E-state index < -0.39 is 6.04 Å². The van der Waals surface area contributed by atoms with Crippen LogP contribution in [0.4, 0.5) is 0 Å². The molecule has 34 heavy (non-hydrogen) atoms. The molecule has 0 radical (unpaired) electrons. The van der Waals surface area contributed by atoms with Crippen LogP contribution in [0, 0.1) is 13.8 Å². The molecule has 1 atom stereocenters. The zero-order chi connectivity index (χ0) is 24.3. The maximum absolute atomic E-state index is 13.5. The number of nitrogens with zero attached hydrogens (tertiary/aromatic N) is 1. The highest BCUT2D eigenvalue weighted by atomic mass is 16.5. The van der Waals surface area contributed by atoms with Gasteiger partial charge in [0.15, 0.2) is 6.61 Å². The monoisotopic (exact) mass is 458 g/mol. The maximum Gasteiger partial charge on any atom is 0.261 e. The average Bonchev–Trinajstić information content (AvgIpc) is 2.85. The molecule has 0 aliphatic carbocycles. The lowest BCUT2D eigenvalue weighted by atomic mass is 10.0. The Bertz CT molecular complexity index is 1060. The zero-order valence-electron chi connectivity index (χ0n) is 20.3. The van der Waals surface area contributed by atoms with Crippen LogP contribution in [0.1, 0.15) is 35.6 Å². The molecule has 3 aromatic rings. The minimum atomic E-state index is -0.649. The second-order valence-corrected chi connectivity index (χ2v) is 8.61. The lowest BCUT2D eigenvalue weighted by molar-refractivity contribution is -0.142. The molecule has 0 heterocycles. The molecule has 1 N–H and O–H groups in total. The molecule has 0 aliphatic rings. The third kappa shape index (κ3) is 7.48. The van der Waals surface area contributed by atoms with Crippen LogP contribution in [0.2, 0.25) is 0 Å². The minimum absolute atomic E-state index is 0.137. The summed E-state index contributed by atoms with van der Waals surface area (Å²) in [4.78, 5) is 28.4. The third-order valence-corrected chi connectivity index (χ3v) is 5.65. The van der Waals surface area contributed by atoms with Gasteiger partial charge in [0.05, 0.1) is 0 Å². The number of rotatable bonds is 11. The SMILES string of the molecule is CCCNC(=O)C(Cc1ccccc1)N(Cc1ccc(C)cc1)C(=O)COc1cccc(C)c1. The van der Waals surface area contributed by atoms with E-state index in [1.165, 1.54) is 0 Å². The van der Waals surface area contributed by atoms with Crippen LogP contribution in [-0.4, -0.2) is 35.9 Å². The molecule has 3 rings (SSSR count). The van der Waals surface area contributed by atoms with Crippen molar-refractivity contribution in [3.63, 3.8) is 0 Å². The number of aryl methyl sites for hydroxylation is 2. The number of ether oxygens (including phenoxy) is 1. The van der Waals surface area contributed by atoms with E-state index in [9.17, 15) is 9.59 Å². The highest BCUT2D eigenvalue weighted by Crippen LogP contribution is 2.17. The Morgan fingerprint density at radius 3 is 2.29 bits per heavy atom. The number of nitrogens with one attached hydrogen (secondary N) is 1. The van der Waals surface area contributed by atoms with Crippen molar-refractivity contribution in [2.24, 2.45) is 0 Å². The number of hydrogen-bond acceptors (Lipinski definition) is 3. The Morgan fingerprint density at radius 2 is 1.62 bits per heavy atom. The molecule has 0 bridgehead atoms. The van der Waals surface area contributed by atoms with Gasteiger partial charge in [-0.3, -0.25) is 9.59 Å². The fourth-order valence-corrected chi connectivity index (χ4v) is 3.74. The summed E-state index contributed by atoms with van der Waals surface area (Å²) in [6, 6.07) is 24.8. The number of amides is 2. The van der Waals surface area contributed by atoms with E-state index in [1.54, 1.807) is 4.90 Å². The van der Waals surface area contributed by atoms with Crippen LogP contribution < -0.4 is 10.1 Å². The predicted octanol–water partition coefficient (Wildman–Crippen LogP) is 4.85. The molecule has 5 nitrogen and oxygen atoms in total. The van der Waals surface area contributed by atoms with E-state index in [2.05, 4.69) is 5.32 Å². The molecule has 0 aliphatic heterocycles. The summed E-state index contributed by atoms with van der Waals surface area (Å²) in [6.07, 6.45) is 1.25. The van der Waals surface area contributed by atoms with Crippen LogP contribution in [0.5, 0.6) is 5.75 Å². The van der Waals surface area contributed by atoms with Crippen molar-refractivity contribution < 1.29 is 14.3 Å². The third-order valence-electron chi connectivity index (χ3n) is 5.65. The van der Waals surface area contributed by atoms with Gasteiger partial charge in [0.25, 0.3) is 5.91 Å². The Morgan fingerprint density at radius 1 is 0.882 bits per heavy atom. The van der Waals surface area contributed by atoms with Crippen LogP contribution in [0.15, 0.2) is 78.9 Å². The summed E-state index contributed by atoms with van der Waals surface area (Å²) in [7, 11) is 0. The number of benzene rings is 3. The Balaban J connectivity index is 1.88. The highest BCUT2D eigenvalue weighted by molar-refractivity contribution is 5.88. The fraction of sp³-hybridized carbons (Fsp3) is 0.310. The first-order valence-electron chi connectivity index (χ1n) is 11.8. The van der Waals surface area contributed by atoms with Gasteiger partial charge in [0.1, 0.15) is 11.8 Å². The molecule has 0 spiro atoms. The van der Waals surface area contributed by atoms with Crippen molar-refractivity contribution in [1.29, 1.82) is 0 Å². The maximum atomic E-state index is 13.5. The van der Waals surface area contributed by atoms with Gasteiger partial charge in [0, 0.05) is 19.5 Å². The Labute approximate surface area is 202 Å². The minimum Gasteiger partial charge on any atom is -0.484 e. The van der Waals surface area contributed by atoms with Gasteiger partial charge in [-0.05, 0) is 49.1 Å². The van der Waals surface area contributed by atoms with Gasteiger partial charge in [-0.2, -0.15) is 0 Å². The zero-order valence-corrected chi connectivity index (χ0v) is 20.3. The second kappa shape index (κ2) is 12.6. The summed E-state index contributed by atoms with van der Waals surface area (Å²) in [5.41, 5.74) is 4.17. The summed E-state index contributed by atoms with van der Waals surface area (Å²) < 4.78 is 5.82. The first kappa shape index (κ1) is 25.0. The van der Waals surface area contributed by atoms with Gasteiger partial charge in [-0.25, -0.2) is 0 Å². The van der Waals surface area contributed by atoms with Crippen molar-refractivity contribution in [3.05, 3.63) is 101 Å². The van der Waals surface area contributed by atoms with Gasteiger partial charge >= 0.3 is 0 Å². The quantitative estimate of drug-likeness (QED) is 0.447. The van der Waals surface area contributed by atoms with Crippen molar-refractivity contribution in [2.75, 3.05) is 13.2 Å². The van der Waals surface area contributed by atoms with Gasteiger partial charge in [0.2, 0.25) is 5.91 Å². The molecule has 3 aromatic carbocycles. The molecule has 5 heteroatoms. The van der Waals surface area contributed by atoms with Crippen LogP contribution in [0.3, 0.4) is 0 Å². The predicted molar refractivity (Wildman–Crippen MR) is 136 cm³/mol. The van der Waals surface area contributed by atoms with Crippen molar-refractivity contribution in [3.8, 4) is 5.75 Å². The molecule has 0 aromatic heterocycles. The molecule has 0 fully saturated rings. The molecule has 178 valence electrons. The highest BCUT2D eigenvalue weighted by Gasteiger charge is 2.30. The molecular formula is C29H34N2O3. The lowest BCUT2D eigenvalue weighted by Gasteiger charge is -2.31. The van der Waals surface area contributed by atoms with E-state index in [0.29, 0.717) is 25.3 Å². The first-order chi connectivity index (χ1) is 16.5. The number of hydrogen-bond donors (Lipinski definition) is 1. The van der Waals surface area contributed by atoms with Crippen LogP contribution >= 0.6 is 0 Å². The van der Waals surface area contributed by atoms with Crippen molar-refractivity contribution in [1.82, 2.24) is 10.2 Å². The number of carbonyl (C=O) groups is 2. The summed E-state index contributed by atoms with van der Waals surface area (Å²) in [6.45, 7) is 6.77. The smallest absolute Gasteiger partial charge is 0.261 e. The number of carbonyl (C=O) groups excluding carboxylic acids is 2. The largest absolute Gasteiger partial charge is 0.484 e. The molecule has 0 saturated heterocycles. The molecule has 0 saturated carbocycles. The van der Waals surface area contributed by atoms with E-state index in [1.807, 2.05) is 99.6 Å². The lowest BCUT2D eigenvalue weighted by Crippen LogP contribution is -2.51. The van der Waals surface area contributed by atoms with Crippen LogP contribution in [-0.2, 0) is 22.6 Å². The van der Waals surface area contributed by atoms with Gasteiger partial charge in [-0.1, -0.05) is 79.2 Å². The van der Waals surface area contributed by atoms with Crippen molar-refractivity contribution in [2.45, 2.75) is 46.2 Å². The normalized spacial score (nSPS) is 11.5. The topological polar surface area (TPSA) is 58.6 Å². The summed E-state index contributed by atoms with van der Waals surface area (Å²) >= 11 is 0. The van der Waals surface area contributed by atoms with Crippen molar-refractivity contribution >= 4 is 11.8 Å².